The van der Waals surface area contributed by atoms with Crippen molar-refractivity contribution in [2.75, 3.05) is 13.1 Å². The maximum atomic E-state index is 12.5. The van der Waals surface area contributed by atoms with Crippen LogP contribution in [-0.2, 0) is 11.3 Å². The number of likely N-dealkylation sites (tertiary alicyclic amines) is 1. The monoisotopic (exact) mass is 432 g/mol. The number of carbonyl (C=O) groups is 2. The Hall–Kier alpha value is -3.35. The third kappa shape index (κ3) is 4.93. The molecule has 1 saturated carbocycles. The number of benzene rings is 1. The molecule has 1 aliphatic carbocycles. The van der Waals surface area contributed by atoms with Gasteiger partial charge in [0.1, 0.15) is 17.5 Å². The molecule has 0 bridgehead atoms. The van der Waals surface area contributed by atoms with Gasteiger partial charge in [0.15, 0.2) is 0 Å². The average molecular weight is 433 g/mol. The largest absolute Gasteiger partial charge is 0.490 e. The number of nitrogens with one attached hydrogen (secondary N) is 1. The van der Waals surface area contributed by atoms with Crippen LogP contribution < -0.4 is 10.1 Å². The first-order valence-electron chi connectivity index (χ1n) is 11.4. The van der Waals surface area contributed by atoms with Crippen molar-refractivity contribution >= 4 is 17.5 Å². The molecule has 1 aliphatic heterocycles. The van der Waals surface area contributed by atoms with Gasteiger partial charge < -0.3 is 19.4 Å². The molecule has 1 N–H and O–H groups in total. The SMILES string of the molecule is O=C(NCc1ccc2nccn2c1)c1ccc(OC2CCN(C(=O)CC3CC3)CC2)cc1. The first-order valence-corrected chi connectivity index (χ1v) is 11.4. The molecule has 1 saturated heterocycles. The van der Waals surface area contributed by atoms with E-state index in [4.69, 9.17) is 4.74 Å². The van der Waals surface area contributed by atoms with Crippen molar-refractivity contribution in [3.8, 4) is 5.75 Å². The van der Waals surface area contributed by atoms with Crippen LogP contribution in [0.25, 0.3) is 5.65 Å². The number of hydrogen-bond acceptors (Lipinski definition) is 4. The molecule has 2 amide bonds. The van der Waals surface area contributed by atoms with Gasteiger partial charge in [-0.25, -0.2) is 4.98 Å². The van der Waals surface area contributed by atoms with Crippen LogP contribution in [0, 0.1) is 5.92 Å². The van der Waals surface area contributed by atoms with Gasteiger partial charge in [-0.15, -0.1) is 0 Å². The van der Waals surface area contributed by atoms with E-state index in [0.29, 0.717) is 30.4 Å². The Balaban J connectivity index is 1.09. The molecule has 3 aromatic rings. The van der Waals surface area contributed by atoms with E-state index in [0.717, 1.165) is 42.9 Å². The Labute approximate surface area is 187 Å². The van der Waals surface area contributed by atoms with Crippen molar-refractivity contribution in [2.24, 2.45) is 5.92 Å². The Morgan fingerprint density at radius 3 is 2.56 bits per heavy atom. The van der Waals surface area contributed by atoms with Crippen molar-refractivity contribution in [1.29, 1.82) is 0 Å². The lowest BCUT2D eigenvalue weighted by molar-refractivity contribution is -0.133. The summed E-state index contributed by atoms with van der Waals surface area (Å²) in [5, 5.41) is 2.96. The molecular weight excluding hydrogens is 404 g/mol. The summed E-state index contributed by atoms with van der Waals surface area (Å²) in [7, 11) is 0. The minimum atomic E-state index is -0.121. The van der Waals surface area contributed by atoms with Gasteiger partial charge in [-0.2, -0.15) is 0 Å². The standard InChI is InChI=1S/C25H28N4O3/c30-24(15-18-1-2-18)28-12-9-22(10-13-28)32-21-6-4-20(5-7-21)25(31)27-16-19-3-8-23-26-11-14-29(23)17-19/h3-8,11,14,17-18,22H,1-2,9-10,12-13,15-16H2,(H,27,31). The number of carbonyl (C=O) groups excluding carboxylic acids is 2. The zero-order valence-corrected chi connectivity index (χ0v) is 18.1. The number of rotatable bonds is 7. The maximum absolute atomic E-state index is 12.5. The average Bonchev–Trinajstić information content (AvgIpc) is 3.51. The van der Waals surface area contributed by atoms with Gasteiger partial charge >= 0.3 is 0 Å². The minimum absolute atomic E-state index is 0.109. The van der Waals surface area contributed by atoms with Gasteiger partial charge in [-0.05, 0) is 54.7 Å². The van der Waals surface area contributed by atoms with Gasteiger partial charge in [0.05, 0.1) is 0 Å². The predicted octanol–water partition coefficient (Wildman–Crippen LogP) is 3.43. The summed E-state index contributed by atoms with van der Waals surface area (Å²) in [6.07, 6.45) is 10.5. The lowest BCUT2D eigenvalue weighted by Crippen LogP contribution is -2.41. The van der Waals surface area contributed by atoms with Gasteiger partial charge in [0.2, 0.25) is 5.91 Å². The van der Waals surface area contributed by atoms with Crippen LogP contribution in [0.1, 0.15) is 48.0 Å². The molecule has 3 heterocycles. The summed E-state index contributed by atoms with van der Waals surface area (Å²) < 4.78 is 8.03. The molecule has 2 aliphatic rings. The molecule has 0 atom stereocenters. The van der Waals surface area contributed by atoms with Gasteiger partial charge in [-0.3, -0.25) is 9.59 Å². The number of nitrogens with zero attached hydrogens (tertiary/aromatic N) is 3. The second-order valence-electron chi connectivity index (χ2n) is 8.78. The Kier molecular flexibility index (Phi) is 5.79. The van der Waals surface area contributed by atoms with Crippen molar-refractivity contribution in [3.05, 3.63) is 66.1 Å². The van der Waals surface area contributed by atoms with Crippen LogP contribution in [0.5, 0.6) is 5.75 Å². The minimum Gasteiger partial charge on any atom is -0.490 e. The molecular formula is C25H28N4O3. The van der Waals surface area contributed by atoms with Crippen LogP contribution in [0.4, 0.5) is 0 Å². The topological polar surface area (TPSA) is 75.9 Å². The lowest BCUT2D eigenvalue weighted by atomic mass is 10.1. The normalized spacial score (nSPS) is 16.8. The Morgan fingerprint density at radius 2 is 1.81 bits per heavy atom. The molecule has 0 unspecified atom stereocenters. The van der Waals surface area contributed by atoms with E-state index in [-0.39, 0.29) is 12.0 Å². The Bertz CT molecular complexity index is 1100. The molecule has 2 fully saturated rings. The zero-order chi connectivity index (χ0) is 21.9. The summed E-state index contributed by atoms with van der Waals surface area (Å²) >= 11 is 0. The van der Waals surface area contributed by atoms with Crippen LogP contribution >= 0.6 is 0 Å². The smallest absolute Gasteiger partial charge is 0.251 e. The molecule has 166 valence electrons. The zero-order valence-electron chi connectivity index (χ0n) is 18.1. The Morgan fingerprint density at radius 1 is 1.03 bits per heavy atom. The number of aromatic nitrogens is 2. The van der Waals surface area contributed by atoms with Crippen LogP contribution in [-0.4, -0.2) is 45.3 Å². The van der Waals surface area contributed by atoms with Gasteiger partial charge in [-0.1, -0.05) is 6.07 Å². The lowest BCUT2D eigenvalue weighted by Gasteiger charge is -2.32. The third-order valence-corrected chi connectivity index (χ3v) is 6.28. The molecule has 2 aromatic heterocycles. The first kappa shape index (κ1) is 20.5. The predicted molar refractivity (Wildman–Crippen MR) is 120 cm³/mol. The van der Waals surface area contributed by atoms with Crippen LogP contribution in [0.2, 0.25) is 0 Å². The second kappa shape index (κ2) is 9.02. The second-order valence-corrected chi connectivity index (χ2v) is 8.78. The van der Waals surface area contributed by atoms with E-state index < -0.39 is 0 Å². The summed E-state index contributed by atoms with van der Waals surface area (Å²) in [5.74, 6) is 1.57. The maximum Gasteiger partial charge on any atom is 0.251 e. The molecule has 1 aromatic carbocycles. The number of ether oxygens (including phenoxy) is 1. The summed E-state index contributed by atoms with van der Waals surface area (Å²) in [6.45, 7) is 1.98. The third-order valence-electron chi connectivity index (χ3n) is 6.28. The van der Waals surface area contributed by atoms with Crippen LogP contribution in [0.3, 0.4) is 0 Å². The number of piperidine rings is 1. The van der Waals surface area contributed by atoms with Crippen molar-refractivity contribution in [2.45, 2.75) is 44.8 Å². The highest BCUT2D eigenvalue weighted by Gasteiger charge is 2.29. The first-order chi connectivity index (χ1) is 15.6. The highest BCUT2D eigenvalue weighted by Crippen LogP contribution is 2.33. The van der Waals surface area contributed by atoms with E-state index in [9.17, 15) is 9.59 Å². The fourth-order valence-corrected chi connectivity index (χ4v) is 4.15. The van der Waals surface area contributed by atoms with E-state index in [1.807, 2.05) is 46.0 Å². The summed E-state index contributed by atoms with van der Waals surface area (Å²) in [4.78, 5) is 31.0. The molecule has 0 spiro atoms. The van der Waals surface area contributed by atoms with E-state index in [1.165, 1.54) is 12.8 Å². The number of pyridine rings is 1. The fraction of sp³-hybridized carbons (Fsp3) is 0.400. The highest BCUT2D eigenvalue weighted by molar-refractivity contribution is 5.94. The van der Waals surface area contributed by atoms with Gasteiger partial charge in [0, 0.05) is 63.1 Å². The van der Waals surface area contributed by atoms with E-state index in [2.05, 4.69) is 10.3 Å². The number of hydrogen-bond donors (Lipinski definition) is 1. The number of imidazole rings is 1. The van der Waals surface area contributed by atoms with E-state index >= 15 is 0 Å². The number of fused-ring (bicyclic) bond motifs is 1. The van der Waals surface area contributed by atoms with Crippen LogP contribution in [0.15, 0.2) is 55.0 Å². The molecule has 5 rings (SSSR count). The molecule has 7 nitrogen and oxygen atoms in total. The molecule has 7 heteroatoms. The van der Waals surface area contributed by atoms with Crippen molar-refractivity contribution in [3.63, 3.8) is 0 Å². The molecule has 0 radical (unpaired) electrons. The van der Waals surface area contributed by atoms with E-state index in [1.54, 1.807) is 18.3 Å². The molecule has 32 heavy (non-hydrogen) atoms. The van der Waals surface area contributed by atoms with Crippen molar-refractivity contribution in [1.82, 2.24) is 19.6 Å². The fourth-order valence-electron chi connectivity index (χ4n) is 4.15. The summed E-state index contributed by atoms with van der Waals surface area (Å²) in [5.41, 5.74) is 2.48. The van der Waals surface area contributed by atoms with Gasteiger partial charge in [0.25, 0.3) is 5.91 Å². The van der Waals surface area contributed by atoms with Crippen molar-refractivity contribution < 1.29 is 14.3 Å². The highest BCUT2D eigenvalue weighted by atomic mass is 16.5. The quantitative estimate of drug-likeness (QED) is 0.621. The number of amides is 2. The summed E-state index contributed by atoms with van der Waals surface area (Å²) in [6, 6.07) is 11.2.